The minimum Gasteiger partial charge on any atom is -0.328 e. The first-order valence-corrected chi connectivity index (χ1v) is 9.51. The molecule has 1 fully saturated rings. The summed E-state index contributed by atoms with van der Waals surface area (Å²) in [5, 5.41) is 2.32. The molecule has 1 saturated heterocycles. The number of aryl methyl sites for hydroxylation is 1. The van der Waals surface area contributed by atoms with Crippen LogP contribution in [-0.2, 0) is 14.1 Å². The molecule has 8 heteroatoms. The summed E-state index contributed by atoms with van der Waals surface area (Å²) in [6.45, 7) is 4.91. The van der Waals surface area contributed by atoms with Crippen LogP contribution in [0.5, 0.6) is 0 Å². The van der Waals surface area contributed by atoms with E-state index in [1.165, 1.54) is 11.6 Å². The predicted octanol–water partition coefficient (Wildman–Crippen LogP) is 1.92. The minimum atomic E-state index is -0.467. The Morgan fingerprint density at radius 3 is 2.56 bits per heavy atom. The number of likely N-dealkylation sites (tertiary alicyclic amines) is 1. The van der Waals surface area contributed by atoms with Crippen LogP contribution in [0.1, 0.15) is 35.3 Å². The van der Waals surface area contributed by atoms with E-state index in [0.717, 1.165) is 9.44 Å². The number of nitrogens with zero attached hydrogens (tertiary/aromatic N) is 4. The van der Waals surface area contributed by atoms with E-state index in [4.69, 9.17) is 0 Å². The Kier molecular flexibility index (Phi) is 3.85. The van der Waals surface area contributed by atoms with Crippen molar-refractivity contribution in [1.29, 1.82) is 0 Å². The quantitative estimate of drug-likeness (QED) is 0.676. The third kappa shape index (κ3) is 2.55. The molecule has 0 radical (unpaired) electrons. The van der Waals surface area contributed by atoms with Gasteiger partial charge < -0.3 is 4.90 Å². The van der Waals surface area contributed by atoms with Crippen molar-refractivity contribution < 1.29 is 4.79 Å². The summed E-state index contributed by atoms with van der Waals surface area (Å²) >= 11 is 1.63. The van der Waals surface area contributed by atoms with Crippen LogP contribution in [-0.4, -0.2) is 31.5 Å². The third-order valence-electron chi connectivity index (χ3n) is 5.22. The van der Waals surface area contributed by atoms with Crippen molar-refractivity contribution in [3.8, 4) is 0 Å². The van der Waals surface area contributed by atoms with Crippen molar-refractivity contribution in [2.24, 2.45) is 19.5 Å². The topological polar surface area (TPSA) is 77.2 Å². The van der Waals surface area contributed by atoms with Gasteiger partial charge in [-0.2, -0.15) is 0 Å². The smallest absolute Gasteiger partial charge is 0.328 e. The van der Waals surface area contributed by atoms with Gasteiger partial charge in [0.05, 0.1) is 11.4 Å². The Balaban J connectivity index is 1.78. The molecule has 1 atom stereocenters. The fraction of sp³-hybridized carbons (Fsp3) is 0.368. The summed E-state index contributed by atoms with van der Waals surface area (Å²) in [5.41, 5.74) is -0.434. The number of carbonyl (C=O) groups is 1. The molecule has 1 aliphatic heterocycles. The molecule has 0 saturated carbocycles. The summed E-state index contributed by atoms with van der Waals surface area (Å²) in [4.78, 5) is 44.9. The number of carbonyl (C=O) groups excluding carboxylic acids is 1. The fourth-order valence-corrected chi connectivity index (χ4v) is 4.87. The van der Waals surface area contributed by atoms with Gasteiger partial charge in [-0.1, -0.05) is 19.9 Å². The normalized spacial score (nSPS) is 18.5. The fourth-order valence-electron chi connectivity index (χ4n) is 3.82. The third-order valence-corrected chi connectivity index (χ3v) is 6.15. The van der Waals surface area contributed by atoms with E-state index in [9.17, 15) is 14.4 Å². The second-order valence-electron chi connectivity index (χ2n) is 7.61. The van der Waals surface area contributed by atoms with Crippen molar-refractivity contribution in [2.45, 2.75) is 19.9 Å². The highest BCUT2D eigenvalue weighted by Crippen LogP contribution is 2.50. The summed E-state index contributed by atoms with van der Waals surface area (Å²) < 4.78 is 2.33. The van der Waals surface area contributed by atoms with Gasteiger partial charge in [0.25, 0.3) is 11.5 Å². The Labute approximate surface area is 159 Å². The molecule has 0 bridgehead atoms. The molecule has 0 aliphatic carbocycles. The van der Waals surface area contributed by atoms with Gasteiger partial charge in [0, 0.05) is 30.9 Å². The molecule has 140 valence electrons. The van der Waals surface area contributed by atoms with Crippen molar-refractivity contribution in [1.82, 2.24) is 19.0 Å². The maximum Gasteiger partial charge on any atom is 0.332 e. The van der Waals surface area contributed by atoms with Crippen LogP contribution in [0.25, 0.3) is 11.0 Å². The van der Waals surface area contributed by atoms with Gasteiger partial charge >= 0.3 is 5.69 Å². The van der Waals surface area contributed by atoms with Crippen molar-refractivity contribution >= 4 is 28.3 Å². The standard InChI is InChI=1S/C19H20N4O3S/c1-19(2)10-23(14(19)13-6-5-9-27-13)17(25)12-8-7-11-15(20-12)21(3)18(26)22(4)16(11)24/h5-9,14H,10H2,1-4H3. The number of amides is 1. The Hall–Kier alpha value is -2.74. The van der Waals surface area contributed by atoms with Gasteiger partial charge in [-0.3, -0.25) is 18.7 Å². The Morgan fingerprint density at radius 2 is 1.93 bits per heavy atom. The zero-order valence-electron chi connectivity index (χ0n) is 15.6. The molecule has 0 N–H and O–H groups in total. The molecular formula is C19H20N4O3S. The van der Waals surface area contributed by atoms with Crippen molar-refractivity contribution in [2.75, 3.05) is 6.54 Å². The maximum absolute atomic E-state index is 13.1. The molecule has 4 rings (SSSR count). The molecule has 3 aromatic rings. The largest absolute Gasteiger partial charge is 0.332 e. The summed E-state index contributed by atoms with van der Waals surface area (Å²) in [5.74, 6) is -0.192. The highest BCUT2D eigenvalue weighted by atomic mass is 32.1. The number of hydrogen-bond acceptors (Lipinski definition) is 5. The van der Waals surface area contributed by atoms with Crippen LogP contribution in [0.15, 0.2) is 39.2 Å². The van der Waals surface area contributed by atoms with Gasteiger partial charge in [0.2, 0.25) is 0 Å². The van der Waals surface area contributed by atoms with E-state index in [2.05, 4.69) is 18.8 Å². The van der Waals surface area contributed by atoms with Crippen LogP contribution in [0.3, 0.4) is 0 Å². The van der Waals surface area contributed by atoms with Crippen molar-refractivity contribution in [3.63, 3.8) is 0 Å². The van der Waals surface area contributed by atoms with E-state index in [1.54, 1.807) is 35.4 Å². The Bertz CT molecular complexity index is 1170. The summed E-state index contributed by atoms with van der Waals surface area (Å²) in [6, 6.07) is 7.15. The average Bonchev–Trinajstić information content (AvgIpc) is 3.15. The molecular weight excluding hydrogens is 364 g/mol. The second-order valence-corrected chi connectivity index (χ2v) is 8.59. The van der Waals surface area contributed by atoms with Gasteiger partial charge in [-0.15, -0.1) is 11.3 Å². The number of pyridine rings is 1. The van der Waals surface area contributed by atoms with Gasteiger partial charge in [0.1, 0.15) is 11.3 Å². The van der Waals surface area contributed by atoms with E-state index in [-0.39, 0.29) is 28.7 Å². The number of fused-ring (bicyclic) bond motifs is 1. The van der Waals surface area contributed by atoms with Crippen LogP contribution >= 0.6 is 11.3 Å². The summed E-state index contributed by atoms with van der Waals surface area (Å²) in [6.07, 6.45) is 0. The van der Waals surface area contributed by atoms with Crippen molar-refractivity contribution in [3.05, 3.63) is 61.1 Å². The van der Waals surface area contributed by atoms with Crippen LogP contribution < -0.4 is 11.2 Å². The highest BCUT2D eigenvalue weighted by Gasteiger charge is 2.49. The lowest BCUT2D eigenvalue weighted by molar-refractivity contribution is -0.0309. The molecule has 27 heavy (non-hydrogen) atoms. The molecule has 0 aromatic carbocycles. The zero-order chi connectivity index (χ0) is 19.5. The number of rotatable bonds is 2. The lowest BCUT2D eigenvalue weighted by atomic mass is 9.74. The van der Waals surface area contributed by atoms with E-state index < -0.39 is 11.2 Å². The first-order chi connectivity index (χ1) is 12.7. The molecule has 3 aromatic heterocycles. The first-order valence-electron chi connectivity index (χ1n) is 8.63. The molecule has 1 amide bonds. The number of hydrogen-bond donors (Lipinski definition) is 0. The van der Waals surface area contributed by atoms with Gasteiger partial charge in [-0.25, -0.2) is 9.78 Å². The zero-order valence-corrected chi connectivity index (χ0v) is 16.4. The molecule has 1 unspecified atom stereocenters. The lowest BCUT2D eigenvalue weighted by Crippen LogP contribution is -2.57. The van der Waals surface area contributed by atoms with Crippen LogP contribution in [0.4, 0.5) is 0 Å². The predicted molar refractivity (Wildman–Crippen MR) is 104 cm³/mol. The second kappa shape index (κ2) is 5.88. The molecule has 4 heterocycles. The average molecular weight is 384 g/mol. The number of aromatic nitrogens is 3. The monoisotopic (exact) mass is 384 g/mol. The minimum absolute atomic E-state index is 0.00467. The maximum atomic E-state index is 13.1. The molecule has 0 spiro atoms. The van der Waals surface area contributed by atoms with E-state index >= 15 is 0 Å². The molecule has 7 nitrogen and oxygen atoms in total. The van der Waals surface area contributed by atoms with E-state index in [0.29, 0.717) is 11.9 Å². The van der Waals surface area contributed by atoms with Gasteiger partial charge in [0.15, 0.2) is 0 Å². The lowest BCUT2D eigenvalue weighted by Gasteiger charge is -2.53. The van der Waals surface area contributed by atoms with Gasteiger partial charge in [-0.05, 0) is 23.6 Å². The molecule has 1 aliphatic rings. The summed E-state index contributed by atoms with van der Waals surface area (Å²) in [7, 11) is 2.98. The van der Waals surface area contributed by atoms with Crippen LogP contribution in [0, 0.1) is 5.41 Å². The van der Waals surface area contributed by atoms with Crippen LogP contribution in [0.2, 0.25) is 0 Å². The Morgan fingerprint density at radius 1 is 1.19 bits per heavy atom. The van der Waals surface area contributed by atoms with E-state index in [1.807, 2.05) is 17.5 Å². The number of thiophene rings is 1. The highest BCUT2D eigenvalue weighted by molar-refractivity contribution is 7.10. The SMILES string of the molecule is Cn1c(=O)c2ccc(C(=O)N3CC(C)(C)C3c3cccs3)nc2n(C)c1=O. The first kappa shape index (κ1) is 17.7.